The molecule has 5 rings (SSSR count). The number of unbranched alkanes of at least 4 members (excludes halogenated alkanes) is 1. The summed E-state index contributed by atoms with van der Waals surface area (Å²) in [5.74, 6) is 0. The second kappa shape index (κ2) is 12.0. The highest BCUT2D eigenvalue weighted by Gasteiger charge is 2.14. The van der Waals surface area contributed by atoms with Crippen molar-refractivity contribution in [1.29, 1.82) is 0 Å². The van der Waals surface area contributed by atoms with Gasteiger partial charge in [-0.3, -0.25) is 0 Å². The van der Waals surface area contributed by atoms with Gasteiger partial charge in [-0.25, -0.2) is 0 Å². The van der Waals surface area contributed by atoms with Crippen molar-refractivity contribution in [2.24, 2.45) is 0 Å². The van der Waals surface area contributed by atoms with Crippen LogP contribution in [0, 0.1) is 6.92 Å². The number of rotatable bonds is 8. The second-order valence-electron chi connectivity index (χ2n) is 10.2. The minimum Gasteiger partial charge on any atom is -0.309 e. The summed E-state index contributed by atoms with van der Waals surface area (Å²) in [5, 5.41) is 2.55. The number of aromatic nitrogens is 1. The van der Waals surface area contributed by atoms with Crippen molar-refractivity contribution in [3.8, 4) is 16.8 Å². The van der Waals surface area contributed by atoms with Crippen LogP contribution in [0.2, 0.25) is 0 Å². The molecule has 0 N–H and O–H groups in total. The van der Waals surface area contributed by atoms with E-state index in [0.29, 0.717) is 0 Å². The SMILES string of the molecule is C/C=C(C)\C=C/CC/C=C\C(=C/C)c1ccc2c(c1)c1cc(-c3ccccc3)ccc1n2-c1ccc(C)cc1. The molecule has 4 aromatic carbocycles. The third kappa shape index (κ3) is 5.73. The molecule has 1 nitrogen and oxygen atoms in total. The number of benzene rings is 4. The van der Waals surface area contributed by atoms with E-state index in [4.69, 9.17) is 0 Å². The predicted octanol–water partition coefficient (Wildman–Crippen LogP) is 11.0. The summed E-state index contributed by atoms with van der Waals surface area (Å²) in [7, 11) is 0. The van der Waals surface area contributed by atoms with Crippen LogP contribution in [0.15, 0.2) is 133 Å². The Morgan fingerprint density at radius 3 is 2.03 bits per heavy atom. The monoisotopic (exact) mass is 507 g/mol. The van der Waals surface area contributed by atoms with E-state index in [2.05, 4.69) is 160 Å². The summed E-state index contributed by atoms with van der Waals surface area (Å²) in [6, 6.07) is 33.3. The molecule has 0 unspecified atom stereocenters. The molecule has 39 heavy (non-hydrogen) atoms. The fourth-order valence-electron chi connectivity index (χ4n) is 5.11. The van der Waals surface area contributed by atoms with E-state index >= 15 is 0 Å². The van der Waals surface area contributed by atoms with E-state index in [1.54, 1.807) is 0 Å². The van der Waals surface area contributed by atoms with Gasteiger partial charge in [0, 0.05) is 16.5 Å². The van der Waals surface area contributed by atoms with Gasteiger partial charge in [-0.2, -0.15) is 0 Å². The number of allylic oxidation sites excluding steroid dienone is 8. The van der Waals surface area contributed by atoms with Crippen LogP contribution in [-0.4, -0.2) is 4.57 Å². The first-order valence-corrected chi connectivity index (χ1v) is 13.9. The molecule has 0 fully saturated rings. The predicted molar refractivity (Wildman–Crippen MR) is 172 cm³/mol. The minimum absolute atomic E-state index is 1.03. The Morgan fingerprint density at radius 1 is 0.667 bits per heavy atom. The molecule has 0 saturated heterocycles. The molecule has 0 atom stereocenters. The highest BCUT2D eigenvalue weighted by Crippen LogP contribution is 2.36. The average molecular weight is 508 g/mol. The fourth-order valence-corrected chi connectivity index (χ4v) is 5.11. The normalized spacial score (nSPS) is 12.9. The summed E-state index contributed by atoms with van der Waals surface area (Å²) < 4.78 is 2.40. The maximum Gasteiger partial charge on any atom is 0.0541 e. The molecule has 0 radical (unpaired) electrons. The topological polar surface area (TPSA) is 4.93 Å². The largest absolute Gasteiger partial charge is 0.309 e. The lowest BCUT2D eigenvalue weighted by atomic mass is 10.00. The van der Waals surface area contributed by atoms with Gasteiger partial charge in [0.1, 0.15) is 0 Å². The van der Waals surface area contributed by atoms with E-state index in [1.807, 2.05) is 0 Å². The molecule has 0 aliphatic heterocycles. The van der Waals surface area contributed by atoms with Crippen molar-refractivity contribution in [2.75, 3.05) is 0 Å². The van der Waals surface area contributed by atoms with E-state index in [0.717, 1.165) is 12.8 Å². The molecule has 1 aromatic heterocycles. The highest BCUT2D eigenvalue weighted by molar-refractivity contribution is 6.11. The van der Waals surface area contributed by atoms with Crippen LogP contribution < -0.4 is 0 Å². The van der Waals surface area contributed by atoms with Crippen molar-refractivity contribution in [1.82, 2.24) is 4.57 Å². The summed E-state index contributed by atoms with van der Waals surface area (Å²) >= 11 is 0. The van der Waals surface area contributed by atoms with Crippen LogP contribution >= 0.6 is 0 Å². The van der Waals surface area contributed by atoms with E-state index in [9.17, 15) is 0 Å². The van der Waals surface area contributed by atoms with E-state index in [-0.39, 0.29) is 0 Å². The summed E-state index contributed by atoms with van der Waals surface area (Å²) in [6.07, 6.45) is 15.4. The third-order valence-electron chi connectivity index (χ3n) is 7.44. The lowest BCUT2D eigenvalue weighted by Crippen LogP contribution is -1.94. The van der Waals surface area contributed by atoms with Crippen molar-refractivity contribution in [2.45, 2.75) is 40.5 Å². The highest BCUT2D eigenvalue weighted by atomic mass is 15.0. The minimum atomic E-state index is 1.03. The van der Waals surface area contributed by atoms with Crippen molar-refractivity contribution in [3.05, 3.63) is 144 Å². The molecule has 0 spiro atoms. The number of aryl methyl sites for hydroxylation is 1. The Kier molecular flexibility index (Phi) is 8.08. The molecule has 0 saturated carbocycles. The van der Waals surface area contributed by atoms with Gasteiger partial charge in [-0.05, 0) is 99.2 Å². The number of hydrogen-bond acceptors (Lipinski definition) is 0. The smallest absolute Gasteiger partial charge is 0.0541 e. The third-order valence-corrected chi connectivity index (χ3v) is 7.44. The van der Waals surface area contributed by atoms with Gasteiger partial charge in [-0.15, -0.1) is 0 Å². The Morgan fingerprint density at radius 2 is 1.33 bits per heavy atom. The average Bonchev–Trinajstić information content (AvgIpc) is 3.30. The van der Waals surface area contributed by atoms with E-state index < -0.39 is 0 Å². The molecule has 0 aliphatic carbocycles. The van der Waals surface area contributed by atoms with Crippen LogP contribution in [0.1, 0.15) is 44.7 Å². The van der Waals surface area contributed by atoms with Gasteiger partial charge in [0.15, 0.2) is 0 Å². The van der Waals surface area contributed by atoms with Gasteiger partial charge >= 0.3 is 0 Å². The molecule has 0 aliphatic rings. The molecule has 0 amide bonds. The van der Waals surface area contributed by atoms with Crippen LogP contribution in [0.25, 0.3) is 44.2 Å². The molecular weight excluding hydrogens is 470 g/mol. The zero-order valence-electron chi connectivity index (χ0n) is 23.5. The molecule has 0 bridgehead atoms. The Hall–Kier alpha value is -4.36. The number of fused-ring (bicyclic) bond motifs is 3. The van der Waals surface area contributed by atoms with Crippen LogP contribution in [0.4, 0.5) is 0 Å². The van der Waals surface area contributed by atoms with Gasteiger partial charge in [0.25, 0.3) is 0 Å². The molecule has 1 heterocycles. The zero-order chi connectivity index (χ0) is 27.2. The van der Waals surface area contributed by atoms with Crippen molar-refractivity contribution < 1.29 is 0 Å². The van der Waals surface area contributed by atoms with Gasteiger partial charge in [0.05, 0.1) is 11.0 Å². The molecule has 5 aromatic rings. The number of hydrogen-bond donors (Lipinski definition) is 0. The Balaban J connectivity index is 1.58. The maximum absolute atomic E-state index is 2.40. The Bertz CT molecular complexity index is 1700. The molecule has 1 heteroatoms. The lowest BCUT2D eigenvalue weighted by molar-refractivity contribution is 1.05. The summed E-state index contributed by atoms with van der Waals surface area (Å²) in [6.45, 7) is 8.48. The van der Waals surface area contributed by atoms with Crippen LogP contribution in [0.3, 0.4) is 0 Å². The van der Waals surface area contributed by atoms with E-state index in [1.165, 1.54) is 60.9 Å². The van der Waals surface area contributed by atoms with Gasteiger partial charge in [-0.1, -0.05) is 102 Å². The van der Waals surface area contributed by atoms with Crippen LogP contribution in [0.5, 0.6) is 0 Å². The first-order valence-electron chi connectivity index (χ1n) is 13.9. The van der Waals surface area contributed by atoms with Crippen LogP contribution in [-0.2, 0) is 0 Å². The molecular formula is C38H37N. The fraction of sp³-hybridized carbons (Fsp3) is 0.158. The van der Waals surface area contributed by atoms with Crippen molar-refractivity contribution in [3.63, 3.8) is 0 Å². The standard InChI is InChI=1S/C38H37N/c1-5-28(3)14-10-7-8-11-15-30(6-2)32-20-24-37-35(26-32)36-27-33(31-16-12-9-13-17-31)21-25-38(36)39(37)34-22-18-29(4)19-23-34/h5-6,9-27H,7-8H2,1-4H3/b14-10-,15-11-,28-5-,30-6+. The molecule has 194 valence electrons. The maximum atomic E-state index is 2.40. The summed E-state index contributed by atoms with van der Waals surface area (Å²) in [4.78, 5) is 0. The quantitative estimate of drug-likeness (QED) is 0.145. The lowest BCUT2D eigenvalue weighted by Gasteiger charge is -2.09. The zero-order valence-corrected chi connectivity index (χ0v) is 23.5. The second-order valence-corrected chi connectivity index (χ2v) is 10.2. The van der Waals surface area contributed by atoms with Gasteiger partial charge < -0.3 is 4.57 Å². The first kappa shape index (κ1) is 26.3. The first-order chi connectivity index (χ1) is 19.1. The van der Waals surface area contributed by atoms with Gasteiger partial charge in [0.2, 0.25) is 0 Å². The summed E-state index contributed by atoms with van der Waals surface area (Å²) in [5.41, 5.74) is 11.2. The Labute approximate surface area is 233 Å². The number of nitrogens with zero attached hydrogens (tertiary/aromatic N) is 1. The van der Waals surface area contributed by atoms with Crippen molar-refractivity contribution >= 4 is 27.4 Å².